The Hall–Kier alpha value is -1.06. The van der Waals surface area contributed by atoms with E-state index < -0.39 is 6.04 Å². The van der Waals surface area contributed by atoms with Gasteiger partial charge < -0.3 is 10.2 Å². The Balaban J connectivity index is 3.05. The molecule has 122 valence electrons. The summed E-state index contributed by atoms with van der Waals surface area (Å²) in [7, 11) is 0. The zero-order valence-corrected chi connectivity index (χ0v) is 14.9. The SMILES string of the molecule is CCC1C(=O)NC(C(C)(C)C)C(=O)N1CC(C)C(C)(C)C. The number of piperazine rings is 1. The molecule has 1 aliphatic rings. The standard InChI is InChI=1S/C17H32N2O2/c1-9-12-14(20)18-13(17(6,7)8)15(21)19(12)10-11(2)16(3,4)5/h11-13H,9-10H2,1-8H3,(H,18,20). The molecule has 1 rings (SSSR count). The zero-order valence-electron chi connectivity index (χ0n) is 14.9. The van der Waals surface area contributed by atoms with E-state index in [4.69, 9.17) is 0 Å². The minimum Gasteiger partial charge on any atom is -0.342 e. The van der Waals surface area contributed by atoms with Gasteiger partial charge in [0.05, 0.1) is 0 Å². The van der Waals surface area contributed by atoms with E-state index in [0.29, 0.717) is 18.9 Å². The first-order chi connectivity index (χ1) is 9.39. The molecule has 0 spiro atoms. The Labute approximate surface area is 129 Å². The predicted molar refractivity (Wildman–Crippen MR) is 85.8 cm³/mol. The minimum absolute atomic E-state index is 0.0156. The van der Waals surface area contributed by atoms with Crippen molar-refractivity contribution in [3.8, 4) is 0 Å². The molecular formula is C17H32N2O2. The molecule has 4 heteroatoms. The number of hydrogen-bond acceptors (Lipinski definition) is 2. The topological polar surface area (TPSA) is 49.4 Å². The monoisotopic (exact) mass is 296 g/mol. The van der Waals surface area contributed by atoms with Crippen LogP contribution in [0.25, 0.3) is 0 Å². The zero-order chi connectivity index (χ0) is 16.6. The first-order valence-electron chi connectivity index (χ1n) is 8.00. The summed E-state index contributed by atoms with van der Waals surface area (Å²) in [6, 6.07) is -0.763. The Morgan fingerprint density at radius 3 is 2.05 bits per heavy atom. The van der Waals surface area contributed by atoms with Crippen LogP contribution >= 0.6 is 0 Å². The first kappa shape index (κ1) is 18.0. The molecule has 0 saturated carbocycles. The highest BCUT2D eigenvalue weighted by molar-refractivity contribution is 5.97. The van der Waals surface area contributed by atoms with E-state index in [1.807, 2.05) is 32.6 Å². The van der Waals surface area contributed by atoms with Crippen LogP contribution in [0.4, 0.5) is 0 Å². The molecule has 0 aliphatic carbocycles. The molecule has 1 aliphatic heterocycles. The second-order valence-corrected chi connectivity index (χ2v) is 8.49. The maximum Gasteiger partial charge on any atom is 0.246 e. The molecule has 1 heterocycles. The van der Waals surface area contributed by atoms with E-state index in [0.717, 1.165) is 0 Å². The van der Waals surface area contributed by atoms with Gasteiger partial charge in [0.1, 0.15) is 12.1 Å². The van der Waals surface area contributed by atoms with Crippen LogP contribution in [-0.2, 0) is 9.59 Å². The van der Waals surface area contributed by atoms with E-state index in [-0.39, 0.29) is 28.7 Å². The van der Waals surface area contributed by atoms with Gasteiger partial charge in [0.2, 0.25) is 11.8 Å². The highest BCUT2D eigenvalue weighted by Crippen LogP contribution is 2.30. The predicted octanol–water partition coefficient (Wildman–Crippen LogP) is 2.82. The van der Waals surface area contributed by atoms with Crippen molar-refractivity contribution in [1.82, 2.24) is 10.2 Å². The third-order valence-corrected chi connectivity index (χ3v) is 4.70. The van der Waals surface area contributed by atoms with Gasteiger partial charge in [-0.25, -0.2) is 0 Å². The van der Waals surface area contributed by atoms with Crippen molar-refractivity contribution in [2.75, 3.05) is 6.54 Å². The van der Waals surface area contributed by atoms with Crippen molar-refractivity contribution in [3.05, 3.63) is 0 Å². The van der Waals surface area contributed by atoms with Crippen LogP contribution in [-0.4, -0.2) is 35.3 Å². The normalized spacial score (nSPS) is 25.8. The van der Waals surface area contributed by atoms with Gasteiger partial charge in [0.25, 0.3) is 0 Å². The van der Waals surface area contributed by atoms with Gasteiger partial charge in [-0.15, -0.1) is 0 Å². The summed E-state index contributed by atoms with van der Waals surface area (Å²) in [5.74, 6) is 0.380. The Morgan fingerprint density at radius 2 is 1.67 bits per heavy atom. The molecule has 3 unspecified atom stereocenters. The second kappa shape index (κ2) is 5.98. The number of rotatable bonds is 3. The maximum absolute atomic E-state index is 12.9. The van der Waals surface area contributed by atoms with Crippen LogP contribution in [0.5, 0.6) is 0 Å². The lowest BCUT2D eigenvalue weighted by atomic mass is 9.80. The molecule has 0 aromatic heterocycles. The summed E-state index contributed by atoms with van der Waals surface area (Å²) in [5.41, 5.74) is -0.154. The van der Waals surface area contributed by atoms with Crippen LogP contribution in [0.2, 0.25) is 0 Å². The molecule has 21 heavy (non-hydrogen) atoms. The highest BCUT2D eigenvalue weighted by Gasteiger charge is 2.45. The lowest BCUT2D eigenvalue weighted by Crippen LogP contribution is -2.67. The van der Waals surface area contributed by atoms with E-state index >= 15 is 0 Å². The van der Waals surface area contributed by atoms with Gasteiger partial charge in [-0.1, -0.05) is 55.4 Å². The van der Waals surface area contributed by atoms with E-state index in [2.05, 4.69) is 33.0 Å². The van der Waals surface area contributed by atoms with Crippen LogP contribution in [0, 0.1) is 16.7 Å². The van der Waals surface area contributed by atoms with Crippen molar-refractivity contribution < 1.29 is 9.59 Å². The fourth-order valence-corrected chi connectivity index (χ4v) is 2.54. The largest absolute Gasteiger partial charge is 0.342 e. The average Bonchev–Trinajstić information content (AvgIpc) is 2.30. The summed E-state index contributed by atoms with van der Waals surface area (Å²) in [5, 5.41) is 2.92. The summed E-state index contributed by atoms with van der Waals surface area (Å²) in [6.07, 6.45) is 0.658. The van der Waals surface area contributed by atoms with E-state index in [1.165, 1.54) is 0 Å². The lowest BCUT2D eigenvalue weighted by Gasteiger charge is -2.45. The van der Waals surface area contributed by atoms with Crippen LogP contribution in [0.1, 0.15) is 61.8 Å². The molecule has 1 saturated heterocycles. The molecule has 0 radical (unpaired) electrons. The highest BCUT2D eigenvalue weighted by atomic mass is 16.2. The van der Waals surface area contributed by atoms with Gasteiger partial charge in [-0.2, -0.15) is 0 Å². The minimum atomic E-state index is -0.431. The Kier molecular flexibility index (Phi) is 5.12. The number of nitrogens with one attached hydrogen (secondary N) is 1. The van der Waals surface area contributed by atoms with Crippen molar-refractivity contribution in [2.45, 2.75) is 73.9 Å². The van der Waals surface area contributed by atoms with Crippen LogP contribution in [0.15, 0.2) is 0 Å². The molecule has 0 aromatic rings. The van der Waals surface area contributed by atoms with Crippen molar-refractivity contribution in [3.63, 3.8) is 0 Å². The molecule has 0 bridgehead atoms. The lowest BCUT2D eigenvalue weighted by molar-refractivity contribution is -0.153. The number of hydrogen-bond donors (Lipinski definition) is 1. The van der Waals surface area contributed by atoms with Gasteiger partial charge in [0.15, 0.2) is 0 Å². The molecule has 2 amide bonds. The van der Waals surface area contributed by atoms with Crippen LogP contribution in [0.3, 0.4) is 0 Å². The average molecular weight is 296 g/mol. The van der Waals surface area contributed by atoms with Crippen molar-refractivity contribution in [1.29, 1.82) is 0 Å². The van der Waals surface area contributed by atoms with E-state index in [1.54, 1.807) is 0 Å². The number of carbonyl (C=O) groups is 2. The van der Waals surface area contributed by atoms with Gasteiger partial charge >= 0.3 is 0 Å². The fraction of sp³-hybridized carbons (Fsp3) is 0.882. The molecule has 1 fully saturated rings. The summed E-state index contributed by atoms with van der Waals surface area (Å²) >= 11 is 0. The molecule has 3 atom stereocenters. The van der Waals surface area contributed by atoms with Crippen molar-refractivity contribution in [2.24, 2.45) is 16.7 Å². The molecule has 1 N–H and O–H groups in total. The van der Waals surface area contributed by atoms with Gasteiger partial charge in [0, 0.05) is 6.54 Å². The third kappa shape index (κ3) is 3.98. The van der Waals surface area contributed by atoms with E-state index in [9.17, 15) is 9.59 Å². The first-order valence-corrected chi connectivity index (χ1v) is 8.00. The van der Waals surface area contributed by atoms with Crippen molar-refractivity contribution >= 4 is 11.8 Å². The fourth-order valence-electron chi connectivity index (χ4n) is 2.54. The number of amides is 2. The van der Waals surface area contributed by atoms with Crippen LogP contribution < -0.4 is 5.32 Å². The quantitative estimate of drug-likeness (QED) is 0.870. The number of nitrogens with zero attached hydrogens (tertiary/aromatic N) is 1. The van der Waals surface area contributed by atoms with Gasteiger partial charge in [-0.3, -0.25) is 9.59 Å². The molecule has 0 aromatic carbocycles. The second-order valence-electron chi connectivity index (χ2n) is 8.49. The number of carbonyl (C=O) groups excluding carboxylic acids is 2. The smallest absolute Gasteiger partial charge is 0.246 e. The Morgan fingerprint density at radius 1 is 1.14 bits per heavy atom. The summed E-state index contributed by atoms with van der Waals surface area (Å²) < 4.78 is 0. The van der Waals surface area contributed by atoms with Gasteiger partial charge in [-0.05, 0) is 23.2 Å². The third-order valence-electron chi connectivity index (χ3n) is 4.70. The molecule has 4 nitrogen and oxygen atoms in total. The molecular weight excluding hydrogens is 264 g/mol. The maximum atomic E-state index is 12.9. The summed E-state index contributed by atoms with van der Waals surface area (Å²) in [4.78, 5) is 27.0. The summed E-state index contributed by atoms with van der Waals surface area (Å²) in [6.45, 7) is 17.3. The Bertz CT molecular complexity index is 404.